The standard InChI is InChI=1S/C19H28F2N4O3S/c1-15(2)23-8-6-22(7-9-23)14-18(26)24-10-12-25(13-11-24)29(27,28)19-16(20)4-3-5-17(19)21/h3-5,15H,6-14H2,1-2H3. The number of hydrogen-bond acceptors (Lipinski definition) is 5. The van der Waals surface area contributed by atoms with Crippen LogP contribution in [0.1, 0.15) is 13.8 Å². The number of nitrogens with zero attached hydrogens (tertiary/aromatic N) is 4. The van der Waals surface area contributed by atoms with Gasteiger partial charge >= 0.3 is 0 Å². The van der Waals surface area contributed by atoms with E-state index in [1.807, 2.05) is 0 Å². The molecular formula is C19H28F2N4O3S. The molecule has 2 aliphatic rings. The number of piperazine rings is 2. The Kier molecular flexibility index (Phi) is 6.87. The lowest BCUT2D eigenvalue weighted by atomic mass is 10.2. The van der Waals surface area contributed by atoms with Crippen molar-refractivity contribution in [1.82, 2.24) is 19.0 Å². The molecule has 162 valence electrons. The number of benzene rings is 1. The summed E-state index contributed by atoms with van der Waals surface area (Å²) in [5.74, 6) is -2.26. The Morgan fingerprint density at radius 2 is 1.52 bits per heavy atom. The van der Waals surface area contributed by atoms with Crippen LogP contribution in [0, 0.1) is 11.6 Å². The van der Waals surface area contributed by atoms with E-state index in [2.05, 4.69) is 23.6 Å². The van der Waals surface area contributed by atoms with Crippen LogP contribution < -0.4 is 0 Å². The van der Waals surface area contributed by atoms with Gasteiger partial charge in [0.1, 0.15) is 11.6 Å². The Bertz CT molecular complexity index is 814. The van der Waals surface area contributed by atoms with Crippen LogP contribution in [-0.2, 0) is 14.8 Å². The first kappa shape index (κ1) is 22.1. The lowest BCUT2D eigenvalue weighted by Crippen LogP contribution is -2.55. The Morgan fingerprint density at radius 1 is 0.966 bits per heavy atom. The van der Waals surface area contributed by atoms with Crippen molar-refractivity contribution < 1.29 is 22.0 Å². The van der Waals surface area contributed by atoms with Gasteiger partial charge < -0.3 is 4.90 Å². The van der Waals surface area contributed by atoms with Crippen molar-refractivity contribution in [3.8, 4) is 0 Å². The van der Waals surface area contributed by atoms with Crippen molar-refractivity contribution in [1.29, 1.82) is 0 Å². The van der Waals surface area contributed by atoms with Gasteiger partial charge in [0.15, 0.2) is 4.90 Å². The van der Waals surface area contributed by atoms with Gasteiger partial charge in [-0.25, -0.2) is 17.2 Å². The summed E-state index contributed by atoms with van der Waals surface area (Å²) < 4.78 is 54.2. The van der Waals surface area contributed by atoms with Crippen LogP contribution in [0.2, 0.25) is 0 Å². The molecule has 1 aromatic rings. The van der Waals surface area contributed by atoms with Crippen molar-refractivity contribution in [2.75, 3.05) is 58.9 Å². The van der Waals surface area contributed by atoms with Crippen LogP contribution in [0.5, 0.6) is 0 Å². The van der Waals surface area contributed by atoms with Gasteiger partial charge in [-0.3, -0.25) is 14.6 Å². The highest BCUT2D eigenvalue weighted by atomic mass is 32.2. The van der Waals surface area contributed by atoms with E-state index in [4.69, 9.17) is 0 Å². The van der Waals surface area contributed by atoms with Crippen molar-refractivity contribution in [2.45, 2.75) is 24.8 Å². The molecule has 0 saturated carbocycles. The van der Waals surface area contributed by atoms with Crippen molar-refractivity contribution >= 4 is 15.9 Å². The van der Waals surface area contributed by atoms with Gasteiger partial charge in [0.05, 0.1) is 6.54 Å². The number of carbonyl (C=O) groups is 1. The molecule has 1 amide bonds. The van der Waals surface area contributed by atoms with E-state index in [9.17, 15) is 22.0 Å². The second kappa shape index (κ2) is 9.03. The molecule has 0 aliphatic carbocycles. The maximum atomic E-state index is 13.9. The van der Waals surface area contributed by atoms with Crippen LogP contribution in [-0.4, -0.2) is 98.3 Å². The maximum absolute atomic E-state index is 13.9. The van der Waals surface area contributed by atoms with Gasteiger partial charge in [0, 0.05) is 58.4 Å². The topological polar surface area (TPSA) is 64.2 Å². The zero-order valence-corrected chi connectivity index (χ0v) is 17.7. The van der Waals surface area contributed by atoms with E-state index in [1.165, 1.54) is 0 Å². The number of amides is 1. The second-order valence-corrected chi connectivity index (χ2v) is 9.62. The molecule has 0 spiro atoms. The molecule has 2 fully saturated rings. The third-order valence-electron chi connectivity index (χ3n) is 5.60. The Balaban J connectivity index is 1.54. The van der Waals surface area contributed by atoms with Gasteiger partial charge in [0.25, 0.3) is 0 Å². The minimum absolute atomic E-state index is 0.0168. The van der Waals surface area contributed by atoms with Gasteiger partial charge in [-0.1, -0.05) is 6.07 Å². The molecule has 3 rings (SSSR count). The summed E-state index contributed by atoms with van der Waals surface area (Å²) in [6.45, 7) is 8.56. The normalized spacial score (nSPS) is 20.4. The van der Waals surface area contributed by atoms with E-state index >= 15 is 0 Å². The first-order chi connectivity index (χ1) is 13.7. The Labute approximate surface area is 170 Å². The van der Waals surface area contributed by atoms with E-state index in [1.54, 1.807) is 4.90 Å². The lowest BCUT2D eigenvalue weighted by molar-refractivity contribution is -0.134. The number of carbonyl (C=O) groups excluding carboxylic acids is 1. The first-order valence-electron chi connectivity index (χ1n) is 9.88. The monoisotopic (exact) mass is 430 g/mol. The molecule has 0 unspecified atom stereocenters. The highest BCUT2D eigenvalue weighted by Gasteiger charge is 2.34. The summed E-state index contributed by atoms with van der Waals surface area (Å²) in [5.41, 5.74) is 0. The minimum Gasteiger partial charge on any atom is -0.339 e. The summed E-state index contributed by atoms with van der Waals surface area (Å²) in [4.78, 5) is 17.8. The van der Waals surface area contributed by atoms with Crippen LogP contribution in [0.15, 0.2) is 23.1 Å². The third-order valence-corrected chi connectivity index (χ3v) is 7.56. The number of hydrogen-bond donors (Lipinski definition) is 0. The average molecular weight is 431 g/mol. The second-order valence-electron chi connectivity index (χ2n) is 7.74. The van der Waals surface area contributed by atoms with Crippen LogP contribution in [0.4, 0.5) is 8.78 Å². The molecule has 29 heavy (non-hydrogen) atoms. The first-order valence-corrected chi connectivity index (χ1v) is 11.3. The predicted octanol–water partition coefficient (Wildman–Crippen LogP) is 0.824. The molecule has 2 heterocycles. The summed E-state index contributed by atoms with van der Waals surface area (Å²) in [6, 6.07) is 3.47. The highest BCUT2D eigenvalue weighted by molar-refractivity contribution is 7.89. The van der Waals surface area contributed by atoms with Crippen molar-refractivity contribution in [2.24, 2.45) is 0 Å². The van der Waals surface area contributed by atoms with Gasteiger partial charge in [0.2, 0.25) is 15.9 Å². The molecule has 0 bridgehead atoms. The number of halogens is 2. The summed E-state index contributed by atoms with van der Waals surface area (Å²) in [5, 5.41) is 0. The smallest absolute Gasteiger partial charge is 0.249 e. The SMILES string of the molecule is CC(C)N1CCN(CC(=O)N2CCN(S(=O)(=O)c3c(F)cccc3F)CC2)CC1. The molecule has 2 aliphatic heterocycles. The lowest BCUT2D eigenvalue weighted by Gasteiger charge is -2.38. The molecule has 10 heteroatoms. The van der Waals surface area contributed by atoms with E-state index in [-0.39, 0.29) is 32.1 Å². The molecule has 1 aromatic carbocycles. The van der Waals surface area contributed by atoms with Crippen LogP contribution in [0.25, 0.3) is 0 Å². The summed E-state index contributed by atoms with van der Waals surface area (Å²) in [7, 11) is -4.28. The Morgan fingerprint density at radius 3 is 2.03 bits per heavy atom. The molecular weight excluding hydrogens is 402 g/mol. The zero-order valence-electron chi connectivity index (χ0n) is 16.9. The van der Waals surface area contributed by atoms with Crippen molar-refractivity contribution in [3.05, 3.63) is 29.8 Å². The predicted molar refractivity (Wildman–Crippen MR) is 105 cm³/mol. The van der Waals surface area contributed by atoms with Crippen LogP contribution >= 0.6 is 0 Å². The fourth-order valence-corrected chi connectivity index (χ4v) is 5.30. The molecule has 7 nitrogen and oxygen atoms in total. The van der Waals surface area contributed by atoms with Gasteiger partial charge in [-0.15, -0.1) is 0 Å². The average Bonchev–Trinajstić information content (AvgIpc) is 2.68. The maximum Gasteiger partial charge on any atom is 0.249 e. The molecule has 0 radical (unpaired) electrons. The van der Waals surface area contributed by atoms with Crippen LogP contribution in [0.3, 0.4) is 0 Å². The molecule has 0 atom stereocenters. The largest absolute Gasteiger partial charge is 0.339 e. The summed E-state index contributed by atoms with van der Waals surface area (Å²) in [6.07, 6.45) is 0. The summed E-state index contributed by atoms with van der Waals surface area (Å²) >= 11 is 0. The van der Waals surface area contributed by atoms with Crippen molar-refractivity contribution in [3.63, 3.8) is 0 Å². The fourth-order valence-electron chi connectivity index (χ4n) is 3.77. The Hall–Kier alpha value is -1.62. The number of sulfonamides is 1. The van der Waals surface area contributed by atoms with E-state index < -0.39 is 26.6 Å². The fraction of sp³-hybridized carbons (Fsp3) is 0.632. The minimum atomic E-state index is -4.28. The van der Waals surface area contributed by atoms with Gasteiger partial charge in [-0.05, 0) is 26.0 Å². The molecule has 0 N–H and O–H groups in total. The van der Waals surface area contributed by atoms with Gasteiger partial charge in [-0.2, -0.15) is 4.31 Å². The molecule has 2 saturated heterocycles. The quantitative estimate of drug-likeness (QED) is 0.692. The third kappa shape index (κ3) is 4.93. The zero-order chi connectivity index (χ0) is 21.2. The molecule has 0 aromatic heterocycles. The number of rotatable bonds is 5. The van der Waals surface area contributed by atoms with E-state index in [0.717, 1.165) is 48.7 Å². The van der Waals surface area contributed by atoms with E-state index in [0.29, 0.717) is 12.6 Å². The highest BCUT2D eigenvalue weighted by Crippen LogP contribution is 2.23.